The zero-order valence-electron chi connectivity index (χ0n) is 20.2. The Bertz CT molecular complexity index is 1210. The van der Waals surface area contributed by atoms with Crippen LogP contribution < -0.4 is 0 Å². The summed E-state index contributed by atoms with van der Waals surface area (Å²) in [6.45, 7) is 6.93. The number of carbonyl (C=O) groups is 2. The van der Waals surface area contributed by atoms with Crippen molar-refractivity contribution in [1.82, 2.24) is 0 Å². The molecular formula is C28H30O7. The summed E-state index contributed by atoms with van der Waals surface area (Å²) in [6.07, 6.45) is 1.72. The number of hydrogen-bond donors (Lipinski definition) is 0. The highest BCUT2D eigenvalue weighted by atomic mass is 16.8. The van der Waals surface area contributed by atoms with E-state index in [1.807, 2.05) is 30.3 Å². The third-order valence-corrected chi connectivity index (χ3v) is 10.5. The van der Waals surface area contributed by atoms with E-state index in [0.29, 0.717) is 13.0 Å². The second-order valence-corrected chi connectivity index (χ2v) is 12.0. The van der Waals surface area contributed by atoms with Crippen molar-refractivity contribution in [2.24, 2.45) is 17.3 Å². The third kappa shape index (κ3) is 2.18. The van der Waals surface area contributed by atoms with Crippen molar-refractivity contribution >= 4 is 11.9 Å². The Morgan fingerprint density at radius 3 is 2.71 bits per heavy atom. The standard InChI is InChI=1S/C28H30O7/c1-14(2)26-21(34-26)22-28(35-22)25(3)10-9-16-17(13-31-23(16)30)18(25)12-19-27(28,33-19)24(26)32-20(29)11-15-7-5-4-6-8-15/h4-8,14,18-19,21-22,24H,9-13H2,1-3H3/t18-,19+,21-,22-,24-,25+,26-,27?,28?/m1/s1. The number of cyclic esters (lactones) is 1. The van der Waals surface area contributed by atoms with Gasteiger partial charge in [0, 0.05) is 11.0 Å². The van der Waals surface area contributed by atoms with Crippen molar-refractivity contribution < 1.29 is 33.3 Å². The highest BCUT2D eigenvalue weighted by molar-refractivity contribution is 5.92. The van der Waals surface area contributed by atoms with E-state index in [-0.39, 0.29) is 53.9 Å². The number of fused-ring (bicyclic) bond motifs is 4. The van der Waals surface area contributed by atoms with Gasteiger partial charge in [-0.25, -0.2) is 4.79 Å². The van der Waals surface area contributed by atoms with Gasteiger partial charge in [-0.15, -0.1) is 0 Å². The van der Waals surface area contributed by atoms with Gasteiger partial charge in [-0.2, -0.15) is 0 Å². The summed E-state index contributed by atoms with van der Waals surface area (Å²) in [5, 5.41) is 0. The van der Waals surface area contributed by atoms with Crippen molar-refractivity contribution in [3.8, 4) is 0 Å². The van der Waals surface area contributed by atoms with Crippen LogP contribution in [0, 0.1) is 17.3 Å². The van der Waals surface area contributed by atoms with Crippen molar-refractivity contribution in [1.29, 1.82) is 0 Å². The number of benzene rings is 1. The smallest absolute Gasteiger partial charge is 0.334 e. The highest BCUT2D eigenvalue weighted by Gasteiger charge is 3.01. The van der Waals surface area contributed by atoms with Gasteiger partial charge in [0.2, 0.25) is 0 Å². The molecule has 9 atom stereocenters. The summed E-state index contributed by atoms with van der Waals surface area (Å²) in [4.78, 5) is 25.6. The number of esters is 2. The molecule has 1 aromatic carbocycles. The maximum atomic E-state index is 13.3. The van der Waals surface area contributed by atoms with Crippen LogP contribution >= 0.6 is 0 Å². The lowest BCUT2D eigenvalue weighted by Crippen LogP contribution is -2.70. The van der Waals surface area contributed by atoms with Gasteiger partial charge in [0.15, 0.2) is 11.7 Å². The zero-order valence-corrected chi connectivity index (χ0v) is 20.2. The molecule has 7 aliphatic rings. The first kappa shape index (κ1) is 20.9. The number of rotatable bonds is 4. The number of ether oxygens (including phenoxy) is 5. The quantitative estimate of drug-likeness (QED) is 0.486. The van der Waals surface area contributed by atoms with E-state index in [1.165, 1.54) is 0 Å². The monoisotopic (exact) mass is 478 g/mol. The van der Waals surface area contributed by atoms with Crippen LogP contribution in [-0.4, -0.2) is 59.8 Å². The predicted octanol–water partition coefficient (Wildman–Crippen LogP) is 2.90. The number of carbonyl (C=O) groups excluding carboxylic acids is 2. The first-order valence-corrected chi connectivity index (χ1v) is 13.0. The molecule has 3 aliphatic carbocycles. The summed E-state index contributed by atoms with van der Waals surface area (Å²) in [5.74, 6) is -0.115. The molecule has 5 fully saturated rings. The Labute approximate surface area is 204 Å². The Morgan fingerprint density at radius 2 is 1.94 bits per heavy atom. The first-order valence-electron chi connectivity index (χ1n) is 13.0. The molecule has 0 aromatic heterocycles. The molecule has 2 unspecified atom stereocenters. The van der Waals surface area contributed by atoms with E-state index in [4.69, 9.17) is 23.7 Å². The van der Waals surface area contributed by atoms with Crippen molar-refractivity contribution in [2.45, 2.75) is 87.7 Å². The average Bonchev–Trinajstić information content (AvgIpc) is 3.73. The second kappa shape index (κ2) is 6.18. The lowest BCUT2D eigenvalue weighted by molar-refractivity contribution is -0.168. The summed E-state index contributed by atoms with van der Waals surface area (Å²) in [5.41, 5.74) is 0.816. The van der Waals surface area contributed by atoms with Gasteiger partial charge in [0.25, 0.3) is 0 Å². The minimum Gasteiger partial charge on any atom is -0.458 e. The van der Waals surface area contributed by atoms with Crippen molar-refractivity contribution in [3.05, 3.63) is 47.0 Å². The van der Waals surface area contributed by atoms with Crippen LogP contribution in [0.1, 0.15) is 45.6 Å². The predicted molar refractivity (Wildman–Crippen MR) is 121 cm³/mol. The van der Waals surface area contributed by atoms with E-state index in [0.717, 1.165) is 29.6 Å². The van der Waals surface area contributed by atoms with Gasteiger partial charge < -0.3 is 23.7 Å². The van der Waals surface area contributed by atoms with E-state index < -0.39 is 22.9 Å². The molecule has 2 saturated carbocycles. The maximum absolute atomic E-state index is 13.3. The largest absolute Gasteiger partial charge is 0.458 e. The molecule has 2 spiro atoms. The zero-order chi connectivity index (χ0) is 24.0. The van der Waals surface area contributed by atoms with Crippen LogP contribution in [-0.2, 0) is 39.7 Å². The molecule has 8 rings (SSSR count). The van der Waals surface area contributed by atoms with Gasteiger partial charge in [0.05, 0.1) is 12.5 Å². The molecule has 3 saturated heterocycles. The fourth-order valence-corrected chi connectivity index (χ4v) is 8.78. The van der Waals surface area contributed by atoms with E-state index in [2.05, 4.69) is 20.8 Å². The Morgan fingerprint density at radius 1 is 1.14 bits per heavy atom. The number of hydrogen-bond acceptors (Lipinski definition) is 7. The molecular weight excluding hydrogens is 448 g/mol. The van der Waals surface area contributed by atoms with Crippen molar-refractivity contribution in [3.63, 3.8) is 0 Å². The molecule has 0 radical (unpaired) electrons. The summed E-state index contributed by atoms with van der Waals surface area (Å²) in [6, 6.07) is 9.69. The van der Waals surface area contributed by atoms with Crippen molar-refractivity contribution in [2.75, 3.05) is 6.61 Å². The normalized spacial score (nSPS) is 49.6. The number of epoxide rings is 3. The molecule has 35 heavy (non-hydrogen) atoms. The fourth-order valence-electron chi connectivity index (χ4n) is 8.78. The Balaban J connectivity index is 1.19. The highest BCUT2D eigenvalue weighted by Crippen LogP contribution is 2.83. The molecule has 7 heteroatoms. The SMILES string of the molecule is CC(C)[C@@]12O[C@@H]1[C@H]1OC13C1(O[C@H]1C[C@@H]1C4=C(CC[C@@]13C)C(=O)OC4)[C@@H]2OC(=O)Cc1ccccc1. The Hall–Kier alpha value is -2.22. The van der Waals surface area contributed by atoms with Gasteiger partial charge in [-0.1, -0.05) is 51.1 Å². The molecule has 0 N–H and O–H groups in total. The van der Waals surface area contributed by atoms with Crippen LogP contribution in [0.5, 0.6) is 0 Å². The topological polar surface area (TPSA) is 90.2 Å². The summed E-state index contributed by atoms with van der Waals surface area (Å²) in [7, 11) is 0. The van der Waals surface area contributed by atoms with Crippen LogP contribution in [0.2, 0.25) is 0 Å². The first-order chi connectivity index (χ1) is 16.8. The lowest BCUT2D eigenvalue weighted by Gasteiger charge is -2.53. The minimum absolute atomic E-state index is 0.0769. The average molecular weight is 479 g/mol. The van der Waals surface area contributed by atoms with Gasteiger partial charge >= 0.3 is 11.9 Å². The maximum Gasteiger partial charge on any atom is 0.334 e. The second-order valence-electron chi connectivity index (χ2n) is 12.0. The summed E-state index contributed by atoms with van der Waals surface area (Å²) < 4.78 is 31.7. The summed E-state index contributed by atoms with van der Waals surface area (Å²) >= 11 is 0. The molecule has 0 amide bonds. The fraction of sp³-hybridized carbons (Fsp3) is 0.643. The van der Waals surface area contributed by atoms with Gasteiger partial charge in [-0.05, 0) is 42.2 Å². The third-order valence-electron chi connectivity index (χ3n) is 10.5. The van der Waals surface area contributed by atoms with Crippen LogP contribution in [0.25, 0.3) is 0 Å². The van der Waals surface area contributed by atoms with Crippen LogP contribution in [0.15, 0.2) is 41.5 Å². The molecule has 0 bridgehead atoms. The molecule has 7 nitrogen and oxygen atoms in total. The Kier molecular flexibility index (Phi) is 3.70. The van der Waals surface area contributed by atoms with Crippen LogP contribution in [0.4, 0.5) is 0 Å². The molecule has 4 heterocycles. The van der Waals surface area contributed by atoms with Crippen LogP contribution in [0.3, 0.4) is 0 Å². The molecule has 184 valence electrons. The van der Waals surface area contributed by atoms with E-state index >= 15 is 0 Å². The molecule has 4 aliphatic heterocycles. The van der Waals surface area contributed by atoms with E-state index in [9.17, 15) is 9.59 Å². The van der Waals surface area contributed by atoms with Gasteiger partial charge in [0.1, 0.15) is 30.0 Å². The molecule has 1 aromatic rings. The van der Waals surface area contributed by atoms with Gasteiger partial charge in [-0.3, -0.25) is 4.79 Å². The lowest BCUT2D eigenvalue weighted by atomic mass is 9.46. The minimum atomic E-state index is -0.700. The van der Waals surface area contributed by atoms with E-state index in [1.54, 1.807) is 0 Å².